The summed E-state index contributed by atoms with van der Waals surface area (Å²) in [6, 6.07) is 18.1. The summed E-state index contributed by atoms with van der Waals surface area (Å²) in [6.07, 6.45) is 3.90. The Balaban J connectivity index is 1.41. The molecule has 7 nitrogen and oxygen atoms in total. The van der Waals surface area contributed by atoms with Crippen LogP contribution in [0.4, 0.5) is 11.4 Å². The van der Waals surface area contributed by atoms with Gasteiger partial charge >= 0.3 is 0 Å². The van der Waals surface area contributed by atoms with E-state index in [-0.39, 0.29) is 11.6 Å². The Bertz CT molecular complexity index is 975. The number of aromatic nitrogens is 1. The van der Waals surface area contributed by atoms with Crippen LogP contribution in [0.1, 0.15) is 10.4 Å². The van der Waals surface area contributed by atoms with E-state index in [0.717, 1.165) is 11.4 Å². The molecule has 3 aromatic rings. The fourth-order valence-corrected chi connectivity index (χ4v) is 3.44. The quantitative estimate of drug-likeness (QED) is 0.517. The smallest absolute Gasteiger partial charge is 0.269 e. The number of nitro benzene ring substituents is 1. The number of carbonyl (C=O) groups excluding carboxylic acids is 1. The first-order valence-electron chi connectivity index (χ1n) is 9.14. The molecule has 0 spiro atoms. The van der Waals surface area contributed by atoms with Gasteiger partial charge in [-0.15, -0.1) is 0 Å². The minimum absolute atomic E-state index is 0.0253. The van der Waals surface area contributed by atoms with Gasteiger partial charge < -0.3 is 14.4 Å². The van der Waals surface area contributed by atoms with Crippen LogP contribution in [0.2, 0.25) is 0 Å². The van der Waals surface area contributed by atoms with Crippen LogP contribution in [0.25, 0.3) is 5.69 Å². The van der Waals surface area contributed by atoms with E-state index in [2.05, 4.69) is 4.90 Å². The van der Waals surface area contributed by atoms with Crippen molar-refractivity contribution in [3.8, 4) is 5.69 Å². The number of hydrogen-bond donors (Lipinski definition) is 0. The Morgan fingerprint density at radius 2 is 1.54 bits per heavy atom. The number of rotatable bonds is 4. The molecular weight excluding hydrogens is 356 g/mol. The zero-order chi connectivity index (χ0) is 19.5. The van der Waals surface area contributed by atoms with Gasteiger partial charge in [0, 0.05) is 67.6 Å². The van der Waals surface area contributed by atoms with E-state index in [1.807, 2.05) is 58.3 Å². The highest BCUT2D eigenvalue weighted by Crippen LogP contribution is 2.21. The minimum Gasteiger partial charge on any atom is -0.368 e. The SMILES string of the molecule is O=C(c1cccc(-n2cccc2)c1)N1CCN(c2ccc([N+](=O)[O-])cc2)CC1. The number of amides is 1. The summed E-state index contributed by atoms with van der Waals surface area (Å²) in [4.78, 5) is 27.3. The summed E-state index contributed by atoms with van der Waals surface area (Å²) < 4.78 is 1.98. The number of nitrogens with zero attached hydrogens (tertiary/aromatic N) is 4. The highest BCUT2D eigenvalue weighted by molar-refractivity contribution is 5.95. The number of nitro groups is 1. The molecule has 0 saturated carbocycles. The van der Waals surface area contributed by atoms with E-state index in [4.69, 9.17) is 0 Å². The van der Waals surface area contributed by atoms with Gasteiger partial charge in [0.25, 0.3) is 11.6 Å². The van der Waals surface area contributed by atoms with Gasteiger partial charge in [-0.2, -0.15) is 0 Å². The van der Waals surface area contributed by atoms with Crippen molar-refractivity contribution in [1.29, 1.82) is 0 Å². The zero-order valence-electron chi connectivity index (χ0n) is 15.3. The molecule has 4 rings (SSSR count). The molecular formula is C21H20N4O3. The Labute approximate surface area is 162 Å². The van der Waals surface area contributed by atoms with Crippen molar-refractivity contribution < 1.29 is 9.72 Å². The first-order valence-corrected chi connectivity index (χ1v) is 9.14. The first kappa shape index (κ1) is 17.8. The van der Waals surface area contributed by atoms with Crippen molar-refractivity contribution in [2.45, 2.75) is 0 Å². The van der Waals surface area contributed by atoms with Gasteiger partial charge in [0.05, 0.1) is 4.92 Å². The van der Waals surface area contributed by atoms with Crippen LogP contribution in [-0.4, -0.2) is 46.5 Å². The number of non-ortho nitro benzene ring substituents is 1. The molecule has 28 heavy (non-hydrogen) atoms. The predicted molar refractivity (Wildman–Crippen MR) is 107 cm³/mol. The van der Waals surface area contributed by atoms with E-state index < -0.39 is 4.92 Å². The largest absolute Gasteiger partial charge is 0.368 e. The van der Waals surface area contributed by atoms with Gasteiger partial charge in [-0.25, -0.2) is 0 Å². The lowest BCUT2D eigenvalue weighted by Gasteiger charge is -2.36. The minimum atomic E-state index is -0.401. The second-order valence-corrected chi connectivity index (χ2v) is 6.69. The molecule has 142 valence electrons. The fourth-order valence-electron chi connectivity index (χ4n) is 3.44. The van der Waals surface area contributed by atoms with Gasteiger partial charge in [0.2, 0.25) is 0 Å². The van der Waals surface area contributed by atoms with Crippen LogP contribution in [-0.2, 0) is 0 Å². The Hall–Kier alpha value is -3.61. The predicted octanol–water partition coefficient (Wildman–Crippen LogP) is 3.35. The average molecular weight is 376 g/mol. The normalized spacial score (nSPS) is 14.1. The number of piperazine rings is 1. The van der Waals surface area contributed by atoms with Gasteiger partial charge in [0.15, 0.2) is 0 Å². The van der Waals surface area contributed by atoms with Crippen LogP contribution < -0.4 is 4.90 Å². The number of anilines is 1. The van der Waals surface area contributed by atoms with Crippen molar-refractivity contribution in [3.05, 3.63) is 88.7 Å². The highest BCUT2D eigenvalue weighted by Gasteiger charge is 2.23. The lowest BCUT2D eigenvalue weighted by atomic mass is 10.1. The zero-order valence-corrected chi connectivity index (χ0v) is 15.3. The summed E-state index contributed by atoms with van der Waals surface area (Å²) in [6.45, 7) is 2.62. The van der Waals surface area contributed by atoms with Crippen molar-refractivity contribution >= 4 is 17.3 Å². The van der Waals surface area contributed by atoms with E-state index in [0.29, 0.717) is 31.7 Å². The number of benzene rings is 2. The van der Waals surface area contributed by atoms with Crippen LogP contribution >= 0.6 is 0 Å². The van der Waals surface area contributed by atoms with Gasteiger partial charge in [-0.1, -0.05) is 6.07 Å². The summed E-state index contributed by atoms with van der Waals surface area (Å²) in [5.74, 6) is 0.0253. The van der Waals surface area contributed by atoms with Crippen molar-refractivity contribution in [3.63, 3.8) is 0 Å². The Morgan fingerprint density at radius 1 is 0.857 bits per heavy atom. The van der Waals surface area contributed by atoms with Crippen LogP contribution in [0.15, 0.2) is 73.1 Å². The first-order chi connectivity index (χ1) is 13.6. The molecule has 1 aliphatic heterocycles. The van der Waals surface area contributed by atoms with Gasteiger partial charge in [0.1, 0.15) is 0 Å². The van der Waals surface area contributed by atoms with E-state index in [9.17, 15) is 14.9 Å². The fraction of sp³-hybridized carbons (Fsp3) is 0.190. The molecule has 0 N–H and O–H groups in total. The third-order valence-corrected chi connectivity index (χ3v) is 4.99. The van der Waals surface area contributed by atoms with E-state index >= 15 is 0 Å². The van der Waals surface area contributed by atoms with Crippen molar-refractivity contribution in [2.24, 2.45) is 0 Å². The highest BCUT2D eigenvalue weighted by atomic mass is 16.6. The molecule has 1 amide bonds. The average Bonchev–Trinajstić information content (AvgIpc) is 3.28. The van der Waals surface area contributed by atoms with Gasteiger partial charge in [-0.05, 0) is 42.5 Å². The summed E-state index contributed by atoms with van der Waals surface area (Å²) in [7, 11) is 0. The van der Waals surface area contributed by atoms with Crippen LogP contribution in [0.5, 0.6) is 0 Å². The van der Waals surface area contributed by atoms with Gasteiger partial charge in [-0.3, -0.25) is 14.9 Å². The maximum Gasteiger partial charge on any atom is 0.269 e. The maximum absolute atomic E-state index is 12.9. The number of hydrogen-bond acceptors (Lipinski definition) is 4. The lowest BCUT2D eigenvalue weighted by molar-refractivity contribution is -0.384. The molecule has 0 radical (unpaired) electrons. The molecule has 1 aliphatic rings. The molecule has 1 aromatic heterocycles. The summed E-state index contributed by atoms with van der Waals surface area (Å²) >= 11 is 0. The van der Waals surface area contributed by atoms with Crippen molar-refractivity contribution in [1.82, 2.24) is 9.47 Å². The topological polar surface area (TPSA) is 71.6 Å². The van der Waals surface area contributed by atoms with Crippen molar-refractivity contribution in [2.75, 3.05) is 31.1 Å². The molecule has 1 fully saturated rings. The molecule has 7 heteroatoms. The molecule has 2 aromatic carbocycles. The Morgan fingerprint density at radius 3 is 2.18 bits per heavy atom. The third-order valence-electron chi connectivity index (χ3n) is 4.99. The molecule has 1 saturated heterocycles. The lowest BCUT2D eigenvalue weighted by Crippen LogP contribution is -2.48. The van der Waals surface area contributed by atoms with E-state index in [1.54, 1.807) is 12.1 Å². The molecule has 0 aliphatic carbocycles. The second-order valence-electron chi connectivity index (χ2n) is 6.69. The number of carbonyl (C=O) groups is 1. The second kappa shape index (κ2) is 7.56. The maximum atomic E-state index is 12.9. The van der Waals surface area contributed by atoms with Crippen LogP contribution in [0, 0.1) is 10.1 Å². The molecule has 0 bridgehead atoms. The summed E-state index contributed by atoms with van der Waals surface area (Å²) in [5.41, 5.74) is 2.66. The third kappa shape index (κ3) is 3.59. The van der Waals surface area contributed by atoms with E-state index in [1.165, 1.54) is 12.1 Å². The molecule has 2 heterocycles. The molecule has 0 atom stereocenters. The van der Waals surface area contributed by atoms with Crippen LogP contribution in [0.3, 0.4) is 0 Å². The Kier molecular flexibility index (Phi) is 4.80. The molecule has 0 unspecified atom stereocenters. The summed E-state index contributed by atoms with van der Waals surface area (Å²) in [5, 5.41) is 10.8. The monoisotopic (exact) mass is 376 g/mol. The standard InChI is InChI=1S/C21H20N4O3/c26-21(17-4-3-5-20(16-17)22-10-1-2-11-22)24-14-12-23(13-15-24)18-6-8-19(9-7-18)25(27)28/h1-11,16H,12-15H2.